The molecule has 1 aromatic carbocycles. The number of fused-ring (bicyclic) bond motifs is 2. The lowest BCUT2D eigenvalue weighted by Crippen LogP contribution is -2.25. The van der Waals surface area contributed by atoms with Crippen LogP contribution >= 0.6 is 11.6 Å². The normalized spacial score (nSPS) is 10.7. The summed E-state index contributed by atoms with van der Waals surface area (Å²) in [5.41, 5.74) is 4.09. The summed E-state index contributed by atoms with van der Waals surface area (Å²) in [6, 6.07) is 9.40. The molecule has 0 aliphatic rings. The Morgan fingerprint density at radius 1 is 1.30 bits per heavy atom. The highest BCUT2D eigenvalue weighted by Crippen LogP contribution is 2.20. The zero-order chi connectivity index (χ0) is 18.8. The Bertz CT molecular complexity index is 1210. The minimum Gasteiger partial charge on any atom is -0.348 e. The molecule has 0 saturated carbocycles. The maximum Gasteiger partial charge on any atom is 0.287 e. The first-order chi connectivity index (χ1) is 13.1. The monoisotopic (exact) mass is 377 g/mol. The van der Waals surface area contributed by atoms with E-state index in [-0.39, 0.29) is 11.7 Å². The zero-order valence-corrected chi connectivity index (χ0v) is 15.3. The number of hydrogen-bond acceptors (Lipinski definition) is 3. The summed E-state index contributed by atoms with van der Waals surface area (Å²) in [6.45, 7) is 2.42. The number of carbonyl (C=O) groups is 1. The molecule has 27 heavy (non-hydrogen) atoms. The number of aromatic nitrogens is 4. The molecular weight excluding hydrogens is 362 g/mol. The van der Waals surface area contributed by atoms with Crippen molar-refractivity contribution in [2.24, 2.45) is 0 Å². The quantitative estimate of drug-likeness (QED) is 0.377. The molecule has 134 valence electrons. The van der Waals surface area contributed by atoms with E-state index in [1.807, 2.05) is 25.1 Å². The van der Waals surface area contributed by atoms with Crippen LogP contribution in [-0.2, 0) is 0 Å². The van der Waals surface area contributed by atoms with E-state index < -0.39 is 0 Å². The van der Waals surface area contributed by atoms with Crippen LogP contribution in [0.5, 0.6) is 0 Å². The van der Waals surface area contributed by atoms with Crippen LogP contribution in [0, 0.1) is 18.8 Å². The second-order valence-corrected chi connectivity index (χ2v) is 6.55. The third-order valence-corrected chi connectivity index (χ3v) is 4.36. The molecule has 0 aliphatic carbocycles. The Morgan fingerprint density at radius 3 is 3.04 bits per heavy atom. The molecule has 0 atom stereocenters. The van der Waals surface area contributed by atoms with E-state index in [2.05, 4.69) is 37.1 Å². The van der Waals surface area contributed by atoms with Crippen LogP contribution in [0.25, 0.3) is 22.1 Å². The predicted molar refractivity (Wildman–Crippen MR) is 106 cm³/mol. The number of hydrogen-bond donors (Lipinski definition) is 3. The maximum atomic E-state index is 12.2. The molecule has 4 rings (SSSR count). The predicted octanol–water partition coefficient (Wildman–Crippen LogP) is 3.57. The summed E-state index contributed by atoms with van der Waals surface area (Å²) in [6.07, 6.45) is 2.26. The molecule has 0 bridgehead atoms. The van der Waals surface area contributed by atoms with Crippen molar-refractivity contribution in [3.8, 4) is 11.8 Å². The van der Waals surface area contributed by atoms with E-state index in [0.29, 0.717) is 23.5 Å². The number of aryl methyl sites for hydroxylation is 1. The van der Waals surface area contributed by atoms with Crippen LogP contribution in [0.2, 0.25) is 5.02 Å². The Kier molecular flexibility index (Phi) is 4.53. The van der Waals surface area contributed by atoms with Gasteiger partial charge in [-0.25, -0.2) is 9.97 Å². The molecule has 3 heterocycles. The minimum absolute atomic E-state index is 0.239. The van der Waals surface area contributed by atoms with Crippen molar-refractivity contribution in [1.82, 2.24) is 25.3 Å². The number of nitrogens with zero attached hydrogens (tertiary/aromatic N) is 2. The van der Waals surface area contributed by atoms with Crippen molar-refractivity contribution in [3.63, 3.8) is 0 Å². The van der Waals surface area contributed by atoms with Gasteiger partial charge in [0.25, 0.3) is 5.91 Å². The standard InChI is InChI=1S/C20H16ClN5O/c1-12-9-14-10-13(11-23-18(14)24-12)5-2-3-8-22-20(27)19-25-16-7-4-6-15(21)17(16)26-19/h4,6-7,9-11H,3,8H2,1H3,(H,22,27)(H,23,24)(H,25,26). The number of rotatable bonds is 3. The molecule has 6 nitrogen and oxygen atoms in total. The molecule has 0 fully saturated rings. The van der Waals surface area contributed by atoms with Crippen LogP contribution in [0.3, 0.4) is 0 Å². The van der Waals surface area contributed by atoms with Gasteiger partial charge in [0.15, 0.2) is 5.82 Å². The number of carbonyl (C=O) groups excluding carboxylic acids is 1. The molecule has 0 saturated heterocycles. The smallest absolute Gasteiger partial charge is 0.287 e. The summed E-state index contributed by atoms with van der Waals surface area (Å²) in [5.74, 6) is 6.08. The highest BCUT2D eigenvalue weighted by atomic mass is 35.5. The van der Waals surface area contributed by atoms with E-state index in [1.54, 1.807) is 18.3 Å². The van der Waals surface area contributed by atoms with Gasteiger partial charge in [-0.15, -0.1) is 0 Å². The summed E-state index contributed by atoms with van der Waals surface area (Å²) >= 11 is 6.08. The SMILES string of the molecule is Cc1cc2cc(C#CCCNC(=O)c3nc4c(Cl)cccc4[nH]3)cnc2[nH]1. The topological polar surface area (TPSA) is 86.5 Å². The average Bonchev–Trinajstić information content (AvgIpc) is 3.24. The number of amides is 1. The number of benzene rings is 1. The lowest BCUT2D eigenvalue weighted by Gasteiger charge is -1.98. The lowest BCUT2D eigenvalue weighted by atomic mass is 10.2. The number of nitrogens with one attached hydrogen (secondary N) is 3. The largest absolute Gasteiger partial charge is 0.348 e. The van der Waals surface area contributed by atoms with Crippen LogP contribution in [-0.4, -0.2) is 32.4 Å². The van der Waals surface area contributed by atoms with E-state index in [4.69, 9.17) is 11.6 Å². The highest BCUT2D eigenvalue weighted by molar-refractivity contribution is 6.35. The van der Waals surface area contributed by atoms with Crippen LogP contribution in [0.15, 0.2) is 36.5 Å². The van der Waals surface area contributed by atoms with Gasteiger partial charge in [-0.2, -0.15) is 0 Å². The van der Waals surface area contributed by atoms with Gasteiger partial charge >= 0.3 is 0 Å². The van der Waals surface area contributed by atoms with Crippen molar-refractivity contribution in [1.29, 1.82) is 0 Å². The van der Waals surface area contributed by atoms with Gasteiger partial charge in [0.1, 0.15) is 11.2 Å². The van der Waals surface area contributed by atoms with Crippen molar-refractivity contribution in [2.75, 3.05) is 6.54 Å². The number of imidazole rings is 1. The zero-order valence-electron chi connectivity index (χ0n) is 14.6. The molecule has 0 radical (unpaired) electrons. The first kappa shape index (κ1) is 17.1. The van der Waals surface area contributed by atoms with Gasteiger partial charge in [0.05, 0.1) is 10.5 Å². The lowest BCUT2D eigenvalue weighted by molar-refractivity contribution is 0.0945. The first-order valence-corrected chi connectivity index (χ1v) is 8.84. The number of H-pyrrole nitrogens is 2. The van der Waals surface area contributed by atoms with Crippen LogP contribution in [0.4, 0.5) is 0 Å². The van der Waals surface area contributed by atoms with E-state index in [1.165, 1.54) is 0 Å². The van der Waals surface area contributed by atoms with Crippen LogP contribution < -0.4 is 5.32 Å². The summed E-state index contributed by atoms with van der Waals surface area (Å²) in [7, 11) is 0. The fraction of sp³-hybridized carbons (Fsp3) is 0.150. The average molecular weight is 378 g/mol. The molecule has 0 aliphatic heterocycles. The van der Waals surface area contributed by atoms with Gasteiger partial charge in [0.2, 0.25) is 0 Å². The Hall–Kier alpha value is -3.30. The summed E-state index contributed by atoms with van der Waals surface area (Å²) in [5, 5.41) is 4.35. The Labute approximate surface area is 160 Å². The second kappa shape index (κ2) is 7.14. The molecule has 0 spiro atoms. The van der Waals surface area contributed by atoms with Crippen LogP contribution in [0.1, 0.15) is 28.3 Å². The van der Waals surface area contributed by atoms with E-state index >= 15 is 0 Å². The molecule has 1 amide bonds. The van der Waals surface area contributed by atoms with E-state index in [0.717, 1.165) is 27.8 Å². The Morgan fingerprint density at radius 2 is 2.19 bits per heavy atom. The minimum atomic E-state index is -0.282. The highest BCUT2D eigenvalue weighted by Gasteiger charge is 2.12. The van der Waals surface area contributed by atoms with E-state index in [9.17, 15) is 4.79 Å². The number of halogens is 1. The van der Waals surface area contributed by atoms with Crippen molar-refractivity contribution >= 4 is 39.6 Å². The maximum absolute atomic E-state index is 12.2. The molecule has 7 heteroatoms. The first-order valence-electron chi connectivity index (χ1n) is 8.47. The Balaban J connectivity index is 1.35. The van der Waals surface area contributed by atoms with Crippen molar-refractivity contribution in [3.05, 3.63) is 58.6 Å². The number of para-hydroxylation sites is 1. The van der Waals surface area contributed by atoms with Crippen molar-refractivity contribution < 1.29 is 4.79 Å². The summed E-state index contributed by atoms with van der Waals surface area (Å²) < 4.78 is 0. The van der Waals surface area contributed by atoms with Gasteiger partial charge in [-0.1, -0.05) is 29.5 Å². The molecule has 3 N–H and O–H groups in total. The molecular formula is C20H16ClN5O. The van der Waals surface area contributed by atoms with Gasteiger partial charge < -0.3 is 15.3 Å². The third kappa shape index (κ3) is 3.64. The number of pyridine rings is 1. The molecule has 0 unspecified atom stereocenters. The van der Waals surface area contributed by atoms with Crippen molar-refractivity contribution in [2.45, 2.75) is 13.3 Å². The fourth-order valence-corrected chi connectivity index (χ4v) is 3.03. The fourth-order valence-electron chi connectivity index (χ4n) is 2.81. The summed E-state index contributed by atoms with van der Waals surface area (Å²) in [4.78, 5) is 26.9. The molecule has 4 aromatic rings. The molecule has 3 aromatic heterocycles. The van der Waals surface area contributed by atoms with Gasteiger partial charge in [0, 0.05) is 35.8 Å². The second-order valence-electron chi connectivity index (χ2n) is 6.14. The third-order valence-electron chi connectivity index (χ3n) is 4.05. The van der Waals surface area contributed by atoms with Gasteiger partial charge in [-0.3, -0.25) is 4.79 Å². The number of aromatic amines is 2. The van der Waals surface area contributed by atoms with Gasteiger partial charge in [-0.05, 0) is 31.2 Å².